The van der Waals surface area contributed by atoms with Crippen LogP contribution in [0.2, 0.25) is 0 Å². The molecule has 4 aromatic carbocycles. The maximum atomic E-state index is 5.79. The topological polar surface area (TPSA) is 17.4 Å². The number of aryl methyl sites for hydroxylation is 1. The lowest BCUT2D eigenvalue weighted by Gasteiger charge is -2.29. The van der Waals surface area contributed by atoms with Crippen molar-refractivity contribution in [3.05, 3.63) is 139 Å². The number of para-hydroxylation sites is 4. The first-order chi connectivity index (χ1) is 17.6. The summed E-state index contributed by atoms with van der Waals surface area (Å²) in [6.07, 6.45) is 5.75. The van der Waals surface area contributed by atoms with Crippen molar-refractivity contribution in [2.45, 2.75) is 13.8 Å². The van der Waals surface area contributed by atoms with E-state index in [0.29, 0.717) is 0 Å². The van der Waals surface area contributed by atoms with Gasteiger partial charge >= 0.3 is 0 Å². The first-order valence-electron chi connectivity index (χ1n) is 12.2. The van der Waals surface area contributed by atoms with Gasteiger partial charge in [-0.25, -0.2) is 0 Å². The molecule has 1 aliphatic rings. The fraction of sp³-hybridized carbons (Fsp3) is 0.0909. The number of anilines is 1. The summed E-state index contributed by atoms with van der Waals surface area (Å²) in [5.74, 6) is 1.66. The molecule has 6 rings (SSSR count). The zero-order valence-electron chi connectivity index (χ0n) is 21.0. The molecule has 178 valence electrons. The molecule has 0 bridgehead atoms. The minimum absolute atomic E-state index is 0.791. The van der Waals surface area contributed by atoms with Gasteiger partial charge in [-0.2, -0.15) is 0 Å². The lowest BCUT2D eigenvalue weighted by Crippen LogP contribution is -2.23. The fourth-order valence-corrected chi connectivity index (χ4v) is 4.73. The number of aromatic nitrogens is 1. The molecule has 0 fully saturated rings. The summed E-state index contributed by atoms with van der Waals surface area (Å²) in [7, 11) is 2.03. The average molecular weight is 471 g/mol. The fourth-order valence-electron chi connectivity index (χ4n) is 4.73. The molecule has 1 aromatic heterocycles. The minimum atomic E-state index is 0.791. The van der Waals surface area contributed by atoms with Gasteiger partial charge in [-0.1, -0.05) is 72.8 Å². The third kappa shape index (κ3) is 4.20. The second-order valence-corrected chi connectivity index (χ2v) is 8.79. The predicted octanol–water partition coefficient (Wildman–Crippen LogP) is 8.58. The first-order valence-corrected chi connectivity index (χ1v) is 12.2. The summed E-state index contributed by atoms with van der Waals surface area (Å²) in [5.41, 5.74) is 7.13. The van der Waals surface area contributed by atoms with E-state index in [1.807, 2.05) is 50.4 Å². The standard InChI is InChI=1S/C19H15N.C14H15NO/c1-14-11-12-19-17(13-14)16-9-5-6-10-18(16)20(19)15-7-3-2-4-8-15;1-4-8-11-13(5-2)16-14-10-7-6-9-12(14)15(11)3/h2-13H,1H3;4-10H,2H2,1,3H3/b;8-4-. The molecular weight excluding hydrogens is 440 g/mol. The van der Waals surface area contributed by atoms with Crippen LogP contribution in [0.25, 0.3) is 27.5 Å². The van der Waals surface area contributed by atoms with Crippen LogP contribution in [0, 0.1) is 6.92 Å². The van der Waals surface area contributed by atoms with Crippen LogP contribution in [0.4, 0.5) is 5.69 Å². The second kappa shape index (κ2) is 10.0. The Morgan fingerprint density at radius 3 is 2.25 bits per heavy atom. The van der Waals surface area contributed by atoms with E-state index < -0.39 is 0 Å². The van der Waals surface area contributed by atoms with E-state index in [1.54, 1.807) is 6.08 Å². The molecule has 36 heavy (non-hydrogen) atoms. The maximum absolute atomic E-state index is 5.79. The Labute approximate surface area is 212 Å². The van der Waals surface area contributed by atoms with Crippen molar-refractivity contribution in [3.8, 4) is 11.4 Å². The van der Waals surface area contributed by atoms with Crippen molar-refractivity contribution in [1.29, 1.82) is 0 Å². The van der Waals surface area contributed by atoms with E-state index in [-0.39, 0.29) is 0 Å². The third-order valence-electron chi connectivity index (χ3n) is 6.41. The second-order valence-electron chi connectivity index (χ2n) is 8.79. The Morgan fingerprint density at radius 2 is 1.47 bits per heavy atom. The number of allylic oxidation sites excluding steroid dienone is 3. The van der Waals surface area contributed by atoms with Crippen LogP contribution in [-0.4, -0.2) is 11.6 Å². The van der Waals surface area contributed by atoms with Crippen molar-refractivity contribution in [2.24, 2.45) is 0 Å². The Balaban J connectivity index is 0.000000152. The normalized spacial score (nSPS) is 12.9. The van der Waals surface area contributed by atoms with Gasteiger partial charge in [0.2, 0.25) is 0 Å². The molecule has 0 N–H and O–H groups in total. The van der Waals surface area contributed by atoms with E-state index in [1.165, 1.54) is 33.1 Å². The van der Waals surface area contributed by atoms with Crippen molar-refractivity contribution in [1.82, 2.24) is 4.57 Å². The Hall–Kier alpha value is -4.50. The molecule has 2 heterocycles. The van der Waals surface area contributed by atoms with Gasteiger partial charge in [-0.3, -0.25) is 0 Å². The summed E-state index contributed by atoms with van der Waals surface area (Å²) in [6.45, 7) is 7.92. The predicted molar refractivity (Wildman–Crippen MR) is 153 cm³/mol. The summed E-state index contributed by atoms with van der Waals surface area (Å²) in [6, 6.07) is 33.8. The van der Waals surface area contributed by atoms with Gasteiger partial charge in [-0.15, -0.1) is 0 Å². The summed E-state index contributed by atoms with van der Waals surface area (Å²) in [4.78, 5) is 2.11. The number of ether oxygens (including phenoxy) is 1. The molecule has 0 radical (unpaired) electrons. The molecule has 0 amide bonds. The molecule has 0 saturated carbocycles. The Morgan fingerprint density at radius 1 is 0.778 bits per heavy atom. The molecule has 3 heteroatoms. The number of hydrogen-bond donors (Lipinski definition) is 0. The summed E-state index contributed by atoms with van der Waals surface area (Å²) < 4.78 is 8.12. The lowest BCUT2D eigenvalue weighted by atomic mass is 10.1. The molecule has 0 spiro atoms. The van der Waals surface area contributed by atoms with Crippen molar-refractivity contribution in [3.63, 3.8) is 0 Å². The van der Waals surface area contributed by atoms with Gasteiger partial charge in [0.05, 0.1) is 22.4 Å². The molecule has 3 nitrogen and oxygen atoms in total. The molecule has 0 aliphatic carbocycles. The summed E-state index contributed by atoms with van der Waals surface area (Å²) in [5, 5.41) is 2.64. The van der Waals surface area contributed by atoms with Crippen LogP contribution in [0.1, 0.15) is 12.5 Å². The van der Waals surface area contributed by atoms with Crippen LogP contribution in [0.3, 0.4) is 0 Å². The number of benzene rings is 4. The zero-order chi connectivity index (χ0) is 25.1. The van der Waals surface area contributed by atoms with Gasteiger partial charge in [0, 0.05) is 23.5 Å². The van der Waals surface area contributed by atoms with Crippen LogP contribution in [0.15, 0.2) is 133 Å². The molecule has 1 aliphatic heterocycles. The minimum Gasteiger partial charge on any atom is -0.453 e. The summed E-state index contributed by atoms with van der Waals surface area (Å²) >= 11 is 0. The Kier molecular flexibility index (Phi) is 6.46. The smallest absolute Gasteiger partial charge is 0.151 e. The van der Waals surface area contributed by atoms with E-state index in [0.717, 1.165) is 22.9 Å². The third-order valence-corrected chi connectivity index (χ3v) is 6.41. The average Bonchev–Trinajstić information content (AvgIpc) is 3.24. The molecule has 0 atom stereocenters. The highest BCUT2D eigenvalue weighted by Gasteiger charge is 2.20. The van der Waals surface area contributed by atoms with E-state index >= 15 is 0 Å². The van der Waals surface area contributed by atoms with Gasteiger partial charge in [0.25, 0.3) is 0 Å². The van der Waals surface area contributed by atoms with Crippen LogP contribution >= 0.6 is 0 Å². The number of hydrogen-bond acceptors (Lipinski definition) is 2. The van der Waals surface area contributed by atoms with Crippen molar-refractivity contribution < 1.29 is 4.74 Å². The Bertz CT molecular complexity index is 1610. The lowest BCUT2D eigenvalue weighted by molar-refractivity contribution is 0.429. The molecule has 0 unspecified atom stereocenters. The zero-order valence-corrected chi connectivity index (χ0v) is 21.0. The first kappa shape index (κ1) is 23.3. The number of likely N-dealkylation sites (N-methyl/N-ethyl adjacent to an activating group) is 1. The number of rotatable bonds is 3. The van der Waals surface area contributed by atoms with Crippen molar-refractivity contribution >= 4 is 27.5 Å². The SMILES string of the molecule is C=CC1=C(/C=C\C)N(C)c2ccccc2O1.Cc1ccc2c(c1)c1ccccc1n2-c1ccccc1. The number of fused-ring (bicyclic) bond motifs is 4. The maximum Gasteiger partial charge on any atom is 0.151 e. The largest absolute Gasteiger partial charge is 0.453 e. The monoisotopic (exact) mass is 470 g/mol. The van der Waals surface area contributed by atoms with Gasteiger partial charge in [0.15, 0.2) is 11.5 Å². The van der Waals surface area contributed by atoms with E-state index in [2.05, 4.69) is 95.8 Å². The van der Waals surface area contributed by atoms with Crippen LogP contribution in [-0.2, 0) is 0 Å². The van der Waals surface area contributed by atoms with E-state index in [4.69, 9.17) is 4.74 Å². The van der Waals surface area contributed by atoms with Gasteiger partial charge in [-0.05, 0) is 68.5 Å². The van der Waals surface area contributed by atoms with E-state index in [9.17, 15) is 0 Å². The highest BCUT2D eigenvalue weighted by molar-refractivity contribution is 6.09. The highest BCUT2D eigenvalue weighted by atomic mass is 16.5. The molecular formula is C33H30N2O. The highest BCUT2D eigenvalue weighted by Crippen LogP contribution is 2.37. The molecule has 0 saturated heterocycles. The van der Waals surface area contributed by atoms with Crippen LogP contribution in [0.5, 0.6) is 5.75 Å². The number of nitrogens with zero attached hydrogens (tertiary/aromatic N) is 2. The molecule has 5 aromatic rings. The van der Waals surface area contributed by atoms with Crippen molar-refractivity contribution in [2.75, 3.05) is 11.9 Å². The van der Waals surface area contributed by atoms with Gasteiger partial charge < -0.3 is 14.2 Å². The quantitative estimate of drug-likeness (QED) is 0.263. The van der Waals surface area contributed by atoms with Crippen LogP contribution < -0.4 is 9.64 Å². The van der Waals surface area contributed by atoms with Gasteiger partial charge in [0.1, 0.15) is 0 Å².